The first-order chi connectivity index (χ1) is 5.06. The van der Waals surface area contributed by atoms with Crippen molar-refractivity contribution in [3.8, 4) is 0 Å². The summed E-state index contributed by atoms with van der Waals surface area (Å²) in [5.74, 6) is 0.800. The van der Waals surface area contributed by atoms with Crippen molar-refractivity contribution >= 4 is 0 Å². The van der Waals surface area contributed by atoms with Gasteiger partial charge in [-0.05, 0) is 31.1 Å². The fraction of sp³-hybridized carbons (Fsp3) is 0.818. The maximum atomic E-state index is 2.43. The lowest BCUT2D eigenvalue weighted by molar-refractivity contribution is 0.239. The Morgan fingerprint density at radius 2 is 2.27 bits per heavy atom. The minimum Gasteiger partial charge on any atom is -0.0827 e. The van der Waals surface area contributed by atoms with Crippen molar-refractivity contribution in [3.05, 3.63) is 11.6 Å². The molecule has 1 rings (SSSR count). The second-order valence-electron chi connectivity index (χ2n) is 4.54. The summed E-state index contributed by atoms with van der Waals surface area (Å²) in [6.45, 7) is 9.32. The van der Waals surface area contributed by atoms with Crippen LogP contribution in [-0.4, -0.2) is 0 Å². The van der Waals surface area contributed by atoms with Crippen LogP contribution < -0.4 is 0 Å². The van der Waals surface area contributed by atoms with Crippen molar-refractivity contribution < 1.29 is 0 Å². The normalized spacial score (nSPS) is 38.5. The van der Waals surface area contributed by atoms with Crippen molar-refractivity contribution in [2.24, 2.45) is 11.3 Å². The van der Waals surface area contributed by atoms with E-state index in [-0.39, 0.29) is 0 Å². The molecule has 0 spiro atoms. The summed E-state index contributed by atoms with van der Waals surface area (Å²) >= 11 is 0. The molecule has 0 heteroatoms. The van der Waals surface area contributed by atoms with E-state index in [0.29, 0.717) is 5.41 Å². The summed E-state index contributed by atoms with van der Waals surface area (Å²) in [7, 11) is 0. The Balaban J connectivity index is 2.70. The van der Waals surface area contributed by atoms with E-state index in [0.717, 1.165) is 5.92 Å². The van der Waals surface area contributed by atoms with Gasteiger partial charge >= 0.3 is 0 Å². The zero-order valence-electron chi connectivity index (χ0n) is 8.28. The van der Waals surface area contributed by atoms with Gasteiger partial charge in [0.25, 0.3) is 0 Å². The minimum absolute atomic E-state index is 0.595. The Hall–Kier alpha value is -0.260. The maximum Gasteiger partial charge on any atom is -0.0254 e. The molecule has 0 aliphatic heterocycles. The molecule has 64 valence electrons. The van der Waals surface area contributed by atoms with E-state index in [2.05, 4.69) is 33.8 Å². The Bertz CT molecular complexity index is 167. The fourth-order valence-corrected chi connectivity index (χ4v) is 2.40. The van der Waals surface area contributed by atoms with Gasteiger partial charge in [0.05, 0.1) is 0 Å². The predicted molar refractivity (Wildman–Crippen MR) is 50.6 cm³/mol. The van der Waals surface area contributed by atoms with Crippen LogP contribution >= 0.6 is 0 Å². The largest absolute Gasteiger partial charge is 0.0827 e. The van der Waals surface area contributed by atoms with Crippen LogP contribution in [0.25, 0.3) is 0 Å². The highest BCUT2D eigenvalue weighted by Crippen LogP contribution is 2.40. The third-order valence-corrected chi connectivity index (χ3v) is 2.94. The van der Waals surface area contributed by atoms with E-state index in [1.165, 1.54) is 19.3 Å². The van der Waals surface area contributed by atoms with Crippen LogP contribution in [0.15, 0.2) is 11.6 Å². The van der Waals surface area contributed by atoms with Crippen molar-refractivity contribution in [3.63, 3.8) is 0 Å². The molecule has 0 heterocycles. The topological polar surface area (TPSA) is 0 Å². The Kier molecular flexibility index (Phi) is 2.41. The first kappa shape index (κ1) is 8.83. The van der Waals surface area contributed by atoms with E-state index in [9.17, 15) is 0 Å². The summed E-state index contributed by atoms with van der Waals surface area (Å²) in [5, 5.41) is 0. The van der Waals surface area contributed by atoms with Crippen LogP contribution in [0.3, 0.4) is 0 Å². The Morgan fingerprint density at radius 1 is 1.64 bits per heavy atom. The van der Waals surface area contributed by atoms with Gasteiger partial charge in [-0.15, -0.1) is 0 Å². The lowest BCUT2D eigenvalue weighted by atomic mass is 9.71. The molecular formula is C11H20. The molecular weight excluding hydrogens is 132 g/mol. The molecule has 0 aromatic rings. The van der Waals surface area contributed by atoms with E-state index in [1.807, 2.05) is 0 Å². The quantitative estimate of drug-likeness (QED) is 0.502. The Labute approximate surface area is 70.7 Å². The lowest BCUT2D eigenvalue weighted by Gasteiger charge is -2.35. The van der Waals surface area contributed by atoms with Crippen LogP contribution in [0.5, 0.6) is 0 Å². The molecule has 11 heavy (non-hydrogen) atoms. The average Bonchev–Trinajstić information content (AvgIpc) is 1.84. The smallest absolute Gasteiger partial charge is 0.0254 e. The average molecular weight is 152 g/mol. The second kappa shape index (κ2) is 3.00. The molecule has 0 N–H and O–H groups in total. The lowest BCUT2D eigenvalue weighted by Crippen LogP contribution is -2.22. The van der Waals surface area contributed by atoms with Crippen molar-refractivity contribution in [2.45, 2.75) is 47.0 Å². The highest BCUT2D eigenvalue weighted by molar-refractivity contribution is 5.09. The molecule has 0 amide bonds. The van der Waals surface area contributed by atoms with Gasteiger partial charge in [0.15, 0.2) is 0 Å². The maximum absolute atomic E-state index is 2.43. The van der Waals surface area contributed by atoms with Gasteiger partial charge in [0, 0.05) is 0 Å². The number of hydrogen-bond acceptors (Lipinski definition) is 0. The molecule has 0 fully saturated rings. The molecule has 2 atom stereocenters. The molecule has 0 bridgehead atoms. The highest BCUT2D eigenvalue weighted by atomic mass is 14.3. The van der Waals surface area contributed by atoms with Gasteiger partial charge < -0.3 is 0 Å². The molecule has 0 nitrogen and oxygen atoms in total. The van der Waals surface area contributed by atoms with Crippen LogP contribution in [0.1, 0.15) is 47.0 Å². The zero-order chi connectivity index (χ0) is 8.48. The van der Waals surface area contributed by atoms with Gasteiger partial charge in [-0.3, -0.25) is 0 Å². The SMILES string of the molecule is CCC1(C)CC(C)=CC(C)C1. The van der Waals surface area contributed by atoms with Crippen LogP contribution in [0.4, 0.5) is 0 Å². The van der Waals surface area contributed by atoms with Gasteiger partial charge in [-0.2, -0.15) is 0 Å². The molecule has 2 unspecified atom stereocenters. The van der Waals surface area contributed by atoms with Crippen molar-refractivity contribution in [1.29, 1.82) is 0 Å². The van der Waals surface area contributed by atoms with Crippen molar-refractivity contribution in [2.75, 3.05) is 0 Å². The van der Waals surface area contributed by atoms with E-state index < -0.39 is 0 Å². The number of rotatable bonds is 1. The summed E-state index contributed by atoms with van der Waals surface area (Å²) in [6, 6.07) is 0. The molecule has 1 aliphatic carbocycles. The fourth-order valence-electron chi connectivity index (χ4n) is 2.40. The van der Waals surface area contributed by atoms with Crippen LogP contribution in [0, 0.1) is 11.3 Å². The highest BCUT2D eigenvalue weighted by Gasteiger charge is 2.27. The summed E-state index contributed by atoms with van der Waals surface area (Å²) < 4.78 is 0. The zero-order valence-corrected chi connectivity index (χ0v) is 8.28. The van der Waals surface area contributed by atoms with Gasteiger partial charge in [-0.25, -0.2) is 0 Å². The van der Waals surface area contributed by atoms with E-state index in [1.54, 1.807) is 5.57 Å². The van der Waals surface area contributed by atoms with E-state index >= 15 is 0 Å². The summed E-state index contributed by atoms with van der Waals surface area (Å²) in [5.41, 5.74) is 2.19. The van der Waals surface area contributed by atoms with Gasteiger partial charge in [0.2, 0.25) is 0 Å². The van der Waals surface area contributed by atoms with Crippen LogP contribution in [-0.2, 0) is 0 Å². The third kappa shape index (κ3) is 2.08. The second-order valence-corrected chi connectivity index (χ2v) is 4.54. The van der Waals surface area contributed by atoms with Gasteiger partial charge in [-0.1, -0.05) is 38.8 Å². The molecule has 0 aromatic carbocycles. The van der Waals surface area contributed by atoms with Gasteiger partial charge in [0.1, 0.15) is 0 Å². The number of hydrogen-bond donors (Lipinski definition) is 0. The molecule has 1 aliphatic rings. The summed E-state index contributed by atoms with van der Waals surface area (Å²) in [6.07, 6.45) is 6.44. The minimum atomic E-state index is 0.595. The first-order valence-corrected chi connectivity index (χ1v) is 4.73. The van der Waals surface area contributed by atoms with Crippen LogP contribution in [0.2, 0.25) is 0 Å². The monoisotopic (exact) mass is 152 g/mol. The third-order valence-electron chi connectivity index (χ3n) is 2.94. The first-order valence-electron chi connectivity index (χ1n) is 4.73. The van der Waals surface area contributed by atoms with E-state index in [4.69, 9.17) is 0 Å². The Morgan fingerprint density at radius 3 is 2.73 bits per heavy atom. The van der Waals surface area contributed by atoms with Crippen molar-refractivity contribution in [1.82, 2.24) is 0 Å². The summed E-state index contributed by atoms with van der Waals surface area (Å²) in [4.78, 5) is 0. The molecule has 0 aromatic heterocycles. The predicted octanol–water partition coefficient (Wildman–Crippen LogP) is 3.78. The molecule has 0 saturated carbocycles. The standard InChI is InChI=1S/C11H20/c1-5-11(4)7-9(2)6-10(3)8-11/h6,9H,5,7-8H2,1-4H3. The molecule has 0 radical (unpaired) electrons. The number of allylic oxidation sites excluding steroid dienone is 2. The molecule has 0 saturated heterocycles.